The summed E-state index contributed by atoms with van der Waals surface area (Å²) in [6.45, 7) is 6.26. The summed E-state index contributed by atoms with van der Waals surface area (Å²) in [4.78, 5) is 0. The fraction of sp³-hybridized carbons (Fsp3) is 0.538. The van der Waals surface area contributed by atoms with Crippen molar-refractivity contribution in [3.8, 4) is 0 Å². The second kappa shape index (κ2) is 8.59. The van der Waals surface area contributed by atoms with Crippen molar-refractivity contribution in [2.45, 2.75) is 76.8 Å². The molecular formula is C26H34O3. The molecule has 3 aliphatic rings. The van der Waals surface area contributed by atoms with E-state index in [1.165, 1.54) is 42.4 Å². The monoisotopic (exact) mass is 394 g/mol. The molecule has 3 nitrogen and oxygen atoms in total. The lowest BCUT2D eigenvalue weighted by Crippen LogP contribution is -2.43. The van der Waals surface area contributed by atoms with Gasteiger partial charge in [-0.2, -0.15) is 0 Å². The first-order valence-electron chi connectivity index (χ1n) is 11.2. The summed E-state index contributed by atoms with van der Waals surface area (Å²) in [5.74, 6) is 0.0875. The molecular weight excluding hydrogens is 360 g/mol. The first-order valence-corrected chi connectivity index (χ1v) is 11.2. The van der Waals surface area contributed by atoms with E-state index >= 15 is 0 Å². The number of fused-ring (bicyclic) bond motifs is 3. The maximum Gasteiger partial charge on any atom is 0.164 e. The van der Waals surface area contributed by atoms with Crippen LogP contribution in [0.5, 0.6) is 0 Å². The number of hydrogen-bond donors (Lipinski definition) is 1. The van der Waals surface area contributed by atoms with Crippen molar-refractivity contribution in [3.05, 3.63) is 70.8 Å². The Morgan fingerprint density at radius 3 is 2.48 bits per heavy atom. The molecule has 4 atom stereocenters. The van der Waals surface area contributed by atoms with Crippen LogP contribution in [-0.4, -0.2) is 29.7 Å². The van der Waals surface area contributed by atoms with Crippen LogP contribution < -0.4 is 0 Å². The molecule has 3 heteroatoms. The van der Waals surface area contributed by atoms with E-state index in [0.717, 1.165) is 12.0 Å². The molecule has 0 amide bonds. The molecule has 1 aromatic rings. The third-order valence-electron chi connectivity index (χ3n) is 6.48. The van der Waals surface area contributed by atoms with E-state index in [4.69, 9.17) is 9.47 Å². The van der Waals surface area contributed by atoms with Crippen LogP contribution in [0.1, 0.15) is 64.4 Å². The maximum atomic E-state index is 10.1. The van der Waals surface area contributed by atoms with Crippen molar-refractivity contribution in [2.75, 3.05) is 6.61 Å². The number of allylic oxidation sites excluding steroid dienone is 3. The molecule has 0 saturated carbocycles. The molecule has 29 heavy (non-hydrogen) atoms. The zero-order valence-electron chi connectivity index (χ0n) is 17.9. The van der Waals surface area contributed by atoms with Gasteiger partial charge in [0.1, 0.15) is 12.2 Å². The van der Waals surface area contributed by atoms with Crippen LogP contribution in [-0.2, 0) is 9.47 Å². The highest BCUT2D eigenvalue weighted by atomic mass is 16.8. The van der Waals surface area contributed by atoms with Gasteiger partial charge in [0.2, 0.25) is 0 Å². The summed E-state index contributed by atoms with van der Waals surface area (Å²) in [6.07, 6.45) is 12.7. The van der Waals surface area contributed by atoms with E-state index in [9.17, 15) is 5.11 Å². The highest BCUT2D eigenvalue weighted by Crippen LogP contribution is 2.54. The van der Waals surface area contributed by atoms with Crippen LogP contribution in [0.15, 0.2) is 65.3 Å². The summed E-state index contributed by atoms with van der Waals surface area (Å²) in [6, 6.07) is 10.8. The third-order valence-corrected chi connectivity index (χ3v) is 6.48. The van der Waals surface area contributed by atoms with E-state index in [-0.39, 0.29) is 24.7 Å². The van der Waals surface area contributed by atoms with Crippen molar-refractivity contribution in [1.82, 2.24) is 0 Å². The maximum absolute atomic E-state index is 10.1. The van der Waals surface area contributed by atoms with Gasteiger partial charge in [-0.15, -0.1) is 0 Å². The minimum Gasteiger partial charge on any atom is -0.392 e. The van der Waals surface area contributed by atoms with Gasteiger partial charge in [-0.05, 0) is 48.5 Å². The molecule has 0 radical (unpaired) electrons. The van der Waals surface area contributed by atoms with Crippen LogP contribution in [0, 0.1) is 5.92 Å². The standard InChI is InChI=1S/C26H34O3/c1-4-5-6-8-12-19-15-11-16-20(17-27)22-23(21(19)18-13-9-7-10-14-18)25-24(22)28-26(2,3)29-25/h7,9-11,13-16,19,21,24-25,27H,4-6,8,12,17H2,1-3H3/b15-11-,20-16-/t19-,21+,24+,25-/m1/s1. The fourth-order valence-corrected chi connectivity index (χ4v) is 5.17. The Kier molecular flexibility index (Phi) is 6.10. The largest absolute Gasteiger partial charge is 0.392 e. The lowest BCUT2D eigenvalue weighted by molar-refractivity contribution is -0.137. The Balaban J connectivity index is 1.74. The van der Waals surface area contributed by atoms with Gasteiger partial charge < -0.3 is 14.6 Å². The van der Waals surface area contributed by atoms with E-state index in [0.29, 0.717) is 5.92 Å². The highest BCUT2D eigenvalue weighted by Gasteiger charge is 2.56. The minimum absolute atomic E-state index is 0.0233. The van der Waals surface area contributed by atoms with Crippen LogP contribution in [0.4, 0.5) is 0 Å². The van der Waals surface area contributed by atoms with Crippen molar-refractivity contribution >= 4 is 0 Å². The summed E-state index contributed by atoms with van der Waals surface area (Å²) in [5, 5.41) is 10.1. The Hall–Kier alpha value is -1.68. The van der Waals surface area contributed by atoms with Gasteiger partial charge in [0.15, 0.2) is 5.79 Å². The van der Waals surface area contributed by atoms with E-state index in [2.05, 4.69) is 55.5 Å². The zero-order chi connectivity index (χ0) is 20.4. The molecule has 0 unspecified atom stereocenters. The molecule has 1 N–H and O–H groups in total. The predicted octanol–water partition coefficient (Wildman–Crippen LogP) is 5.68. The average Bonchev–Trinajstić information content (AvgIpc) is 2.97. The van der Waals surface area contributed by atoms with Gasteiger partial charge in [0.05, 0.1) is 6.61 Å². The van der Waals surface area contributed by atoms with Gasteiger partial charge in [0, 0.05) is 5.92 Å². The average molecular weight is 395 g/mol. The Bertz CT molecular complexity index is 803. The normalized spacial score (nSPS) is 33.0. The molecule has 0 spiro atoms. The summed E-state index contributed by atoms with van der Waals surface area (Å²) in [5.41, 5.74) is 4.78. The molecule has 0 aromatic heterocycles. The molecule has 0 bridgehead atoms. The smallest absolute Gasteiger partial charge is 0.164 e. The first kappa shape index (κ1) is 20.6. The zero-order valence-corrected chi connectivity index (χ0v) is 17.9. The van der Waals surface area contributed by atoms with E-state index < -0.39 is 5.79 Å². The van der Waals surface area contributed by atoms with Crippen LogP contribution in [0.2, 0.25) is 0 Å². The number of ether oxygens (including phenoxy) is 2. The van der Waals surface area contributed by atoms with Gasteiger partial charge in [0.25, 0.3) is 0 Å². The SMILES string of the molecule is CCCCCC[C@@H]1/C=C\C=C(\CO)C2=C([C@H]3OC(C)(C)O[C@@H]23)[C@H]1c1ccccc1. The van der Waals surface area contributed by atoms with Crippen molar-refractivity contribution in [3.63, 3.8) is 0 Å². The van der Waals surface area contributed by atoms with Crippen molar-refractivity contribution in [1.29, 1.82) is 0 Å². The predicted molar refractivity (Wildman–Crippen MR) is 117 cm³/mol. The molecule has 1 aromatic carbocycles. The number of aliphatic hydroxyl groups is 1. The molecule has 1 saturated heterocycles. The third kappa shape index (κ3) is 4.01. The summed E-state index contributed by atoms with van der Waals surface area (Å²) < 4.78 is 12.6. The van der Waals surface area contributed by atoms with Gasteiger partial charge >= 0.3 is 0 Å². The fourth-order valence-electron chi connectivity index (χ4n) is 5.17. The van der Waals surface area contributed by atoms with Crippen LogP contribution in [0.3, 0.4) is 0 Å². The van der Waals surface area contributed by atoms with Crippen molar-refractivity contribution in [2.24, 2.45) is 5.92 Å². The number of rotatable bonds is 7. The lowest BCUT2D eigenvalue weighted by atomic mass is 9.65. The van der Waals surface area contributed by atoms with Crippen molar-refractivity contribution < 1.29 is 14.6 Å². The van der Waals surface area contributed by atoms with Crippen LogP contribution in [0.25, 0.3) is 0 Å². The second-order valence-electron chi connectivity index (χ2n) is 8.98. The number of benzene rings is 1. The molecule has 1 fully saturated rings. The minimum atomic E-state index is -0.595. The Labute approximate surface area is 175 Å². The quantitative estimate of drug-likeness (QED) is 0.605. The first-order chi connectivity index (χ1) is 14.1. The summed E-state index contributed by atoms with van der Waals surface area (Å²) >= 11 is 0. The van der Waals surface area contributed by atoms with E-state index in [1.54, 1.807) is 0 Å². The lowest BCUT2D eigenvalue weighted by Gasteiger charge is -2.43. The topological polar surface area (TPSA) is 38.7 Å². The van der Waals surface area contributed by atoms with E-state index in [1.807, 2.05) is 13.8 Å². The molecule has 1 aliphatic heterocycles. The van der Waals surface area contributed by atoms with Gasteiger partial charge in [-0.1, -0.05) is 81.2 Å². The van der Waals surface area contributed by atoms with Gasteiger partial charge in [-0.25, -0.2) is 0 Å². The molecule has 2 aliphatic carbocycles. The molecule has 4 rings (SSSR count). The number of hydrogen-bond acceptors (Lipinski definition) is 3. The molecule has 1 heterocycles. The Morgan fingerprint density at radius 2 is 1.76 bits per heavy atom. The Morgan fingerprint density at radius 1 is 1.00 bits per heavy atom. The highest BCUT2D eigenvalue weighted by molar-refractivity contribution is 5.57. The number of aliphatic hydroxyl groups excluding tert-OH is 1. The second-order valence-corrected chi connectivity index (χ2v) is 8.98. The van der Waals surface area contributed by atoms with Crippen LogP contribution >= 0.6 is 0 Å². The van der Waals surface area contributed by atoms with Gasteiger partial charge in [-0.3, -0.25) is 0 Å². The molecule has 156 valence electrons. The number of unbranched alkanes of at least 4 members (excludes halogenated alkanes) is 3. The summed E-state index contributed by atoms with van der Waals surface area (Å²) in [7, 11) is 0.